The molecule has 0 bridgehead atoms. The van der Waals surface area contributed by atoms with Crippen molar-refractivity contribution in [3.63, 3.8) is 0 Å². The number of hydrogen-bond acceptors (Lipinski definition) is 4. The fourth-order valence-electron chi connectivity index (χ4n) is 2.07. The van der Waals surface area contributed by atoms with Crippen LogP contribution in [0.1, 0.15) is 20.3 Å². The molecule has 124 valence electrons. The van der Waals surface area contributed by atoms with Gasteiger partial charge in [-0.05, 0) is 38.5 Å². The Labute approximate surface area is 139 Å². The SMILES string of the molecule is CC(C)OCCCNC(=O)Cn1cnc2cc(Cl)ccc2c1=O. The van der Waals surface area contributed by atoms with E-state index in [-0.39, 0.29) is 24.1 Å². The maximum Gasteiger partial charge on any atom is 0.261 e. The molecule has 1 heterocycles. The number of carbonyl (C=O) groups is 1. The Morgan fingerprint density at radius 3 is 2.96 bits per heavy atom. The van der Waals surface area contributed by atoms with Gasteiger partial charge in [-0.15, -0.1) is 0 Å². The van der Waals surface area contributed by atoms with Crippen LogP contribution in [0.15, 0.2) is 29.3 Å². The lowest BCUT2D eigenvalue weighted by Crippen LogP contribution is -2.33. The third-order valence-corrected chi connectivity index (χ3v) is 3.43. The van der Waals surface area contributed by atoms with Crippen LogP contribution < -0.4 is 10.9 Å². The molecule has 1 amide bonds. The van der Waals surface area contributed by atoms with E-state index in [2.05, 4.69) is 10.3 Å². The molecule has 0 aliphatic heterocycles. The molecule has 0 atom stereocenters. The van der Waals surface area contributed by atoms with Crippen molar-refractivity contribution < 1.29 is 9.53 Å². The van der Waals surface area contributed by atoms with Gasteiger partial charge in [-0.1, -0.05) is 11.6 Å². The van der Waals surface area contributed by atoms with Gasteiger partial charge in [0.15, 0.2) is 0 Å². The van der Waals surface area contributed by atoms with E-state index in [0.29, 0.717) is 29.1 Å². The number of nitrogens with one attached hydrogen (secondary N) is 1. The molecular weight excluding hydrogens is 318 g/mol. The lowest BCUT2D eigenvalue weighted by molar-refractivity contribution is -0.121. The van der Waals surface area contributed by atoms with Gasteiger partial charge >= 0.3 is 0 Å². The third kappa shape index (κ3) is 5.04. The number of benzene rings is 1. The van der Waals surface area contributed by atoms with Gasteiger partial charge in [0, 0.05) is 18.2 Å². The van der Waals surface area contributed by atoms with Crippen LogP contribution in [0, 0.1) is 0 Å². The molecule has 6 nitrogen and oxygen atoms in total. The Kier molecular flexibility index (Phi) is 6.12. The number of carbonyl (C=O) groups excluding carboxylic acids is 1. The summed E-state index contributed by atoms with van der Waals surface area (Å²) in [5.41, 5.74) is 0.259. The molecule has 23 heavy (non-hydrogen) atoms. The summed E-state index contributed by atoms with van der Waals surface area (Å²) in [6.45, 7) is 4.97. The van der Waals surface area contributed by atoms with Crippen molar-refractivity contribution in [2.24, 2.45) is 0 Å². The maximum atomic E-state index is 12.3. The number of hydrogen-bond donors (Lipinski definition) is 1. The van der Waals surface area contributed by atoms with Gasteiger partial charge in [0.1, 0.15) is 6.54 Å². The summed E-state index contributed by atoms with van der Waals surface area (Å²) in [7, 11) is 0. The molecule has 0 spiro atoms. The highest BCUT2D eigenvalue weighted by molar-refractivity contribution is 6.31. The van der Waals surface area contributed by atoms with Crippen molar-refractivity contribution in [2.75, 3.05) is 13.2 Å². The molecule has 0 aliphatic carbocycles. The van der Waals surface area contributed by atoms with Crippen LogP contribution in [0.5, 0.6) is 0 Å². The minimum atomic E-state index is -0.259. The van der Waals surface area contributed by atoms with E-state index in [1.165, 1.54) is 10.9 Å². The van der Waals surface area contributed by atoms with Crippen molar-refractivity contribution in [3.8, 4) is 0 Å². The molecule has 7 heteroatoms. The second kappa shape index (κ2) is 8.08. The van der Waals surface area contributed by atoms with Crippen molar-refractivity contribution in [1.82, 2.24) is 14.9 Å². The summed E-state index contributed by atoms with van der Waals surface area (Å²) in [6, 6.07) is 4.87. The number of amides is 1. The van der Waals surface area contributed by atoms with Crippen molar-refractivity contribution in [1.29, 1.82) is 0 Å². The number of nitrogens with zero attached hydrogens (tertiary/aromatic N) is 2. The molecule has 0 saturated heterocycles. The first-order valence-electron chi connectivity index (χ1n) is 7.50. The van der Waals surface area contributed by atoms with E-state index in [1.807, 2.05) is 13.8 Å². The van der Waals surface area contributed by atoms with Crippen LogP contribution in [0.4, 0.5) is 0 Å². The van der Waals surface area contributed by atoms with E-state index >= 15 is 0 Å². The predicted octanol–water partition coefficient (Wildman–Crippen LogP) is 1.98. The fourth-order valence-corrected chi connectivity index (χ4v) is 2.24. The third-order valence-electron chi connectivity index (χ3n) is 3.20. The molecule has 1 N–H and O–H groups in total. The van der Waals surface area contributed by atoms with Gasteiger partial charge in [-0.2, -0.15) is 0 Å². The summed E-state index contributed by atoms with van der Waals surface area (Å²) in [5, 5.41) is 3.72. The number of halogens is 1. The van der Waals surface area contributed by atoms with Crippen LogP contribution in [0.2, 0.25) is 5.02 Å². The smallest absolute Gasteiger partial charge is 0.261 e. The summed E-state index contributed by atoms with van der Waals surface area (Å²) in [6.07, 6.45) is 2.27. The van der Waals surface area contributed by atoms with Crippen LogP contribution in [-0.4, -0.2) is 34.7 Å². The van der Waals surface area contributed by atoms with E-state index in [9.17, 15) is 9.59 Å². The Morgan fingerprint density at radius 2 is 2.22 bits per heavy atom. The predicted molar refractivity (Wildman–Crippen MR) is 89.7 cm³/mol. The first kappa shape index (κ1) is 17.4. The maximum absolute atomic E-state index is 12.3. The Morgan fingerprint density at radius 1 is 1.43 bits per heavy atom. The molecule has 0 saturated carbocycles. The zero-order valence-electron chi connectivity index (χ0n) is 13.2. The Balaban J connectivity index is 1.94. The summed E-state index contributed by atoms with van der Waals surface area (Å²) in [5.74, 6) is -0.230. The quantitative estimate of drug-likeness (QED) is 0.784. The summed E-state index contributed by atoms with van der Waals surface area (Å²) < 4.78 is 6.68. The van der Waals surface area contributed by atoms with E-state index in [4.69, 9.17) is 16.3 Å². The molecule has 0 unspecified atom stereocenters. The van der Waals surface area contributed by atoms with E-state index in [0.717, 1.165) is 6.42 Å². The Bertz CT molecular complexity index is 743. The molecule has 0 aliphatic rings. The molecule has 2 aromatic rings. The highest BCUT2D eigenvalue weighted by atomic mass is 35.5. The van der Waals surface area contributed by atoms with Gasteiger partial charge in [0.05, 0.1) is 23.3 Å². The second-order valence-electron chi connectivity index (χ2n) is 5.46. The fraction of sp³-hybridized carbons (Fsp3) is 0.438. The van der Waals surface area contributed by atoms with Gasteiger partial charge in [-0.3, -0.25) is 14.2 Å². The van der Waals surface area contributed by atoms with Gasteiger partial charge in [-0.25, -0.2) is 4.98 Å². The average molecular weight is 338 g/mol. The lowest BCUT2D eigenvalue weighted by Gasteiger charge is -2.09. The zero-order valence-corrected chi connectivity index (χ0v) is 14.0. The minimum absolute atomic E-state index is 0.0601. The topological polar surface area (TPSA) is 73.2 Å². The van der Waals surface area contributed by atoms with Crippen molar-refractivity contribution in [3.05, 3.63) is 39.9 Å². The molecule has 1 aromatic carbocycles. The normalized spacial score (nSPS) is 11.1. The van der Waals surface area contributed by atoms with Crippen LogP contribution >= 0.6 is 11.6 Å². The van der Waals surface area contributed by atoms with Crippen molar-refractivity contribution >= 4 is 28.4 Å². The number of fused-ring (bicyclic) bond motifs is 1. The largest absolute Gasteiger partial charge is 0.379 e. The van der Waals surface area contributed by atoms with Crippen molar-refractivity contribution in [2.45, 2.75) is 32.9 Å². The second-order valence-corrected chi connectivity index (χ2v) is 5.90. The van der Waals surface area contributed by atoms with Gasteiger partial charge in [0.25, 0.3) is 5.56 Å². The van der Waals surface area contributed by atoms with Crippen LogP contribution in [0.25, 0.3) is 10.9 Å². The Hall–Kier alpha value is -1.92. The van der Waals surface area contributed by atoms with Crippen LogP contribution in [0.3, 0.4) is 0 Å². The first-order valence-corrected chi connectivity index (χ1v) is 7.88. The molecule has 2 rings (SSSR count). The van der Waals surface area contributed by atoms with Crippen LogP contribution in [-0.2, 0) is 16.1 Å². The van der Waals surface area contributed by atoms with E-state index < -0.39 is 0 Å². The van der Waals surface area contributed by atoms with Gasteiger partial charge in [0.2, 0.25) is 5.91 Å². The van der Waals surface area contributed by atoms with Gasteiger partial charge < -0.3 is 10.1 Å². The molecule has 1 aromatic heterocycles. The number of ether oxygens (including phenoxy) is 1. The summed E-state index contributed by atoms with van der Waals surface area (Å²) >= 11 is 5.87. The molecular formula is C16H20ClN3O3. The zero-order chi connectivity index (χ0) is 16.8. The number of aromatic nitrogens is 2. The molecule has 0 fully saturated rings. The summed E-state index contributed by atoms with van der Waals surface area (Å²) in [4.78, 5) is 28.4. The number of rotatable bonds is 7. The molecule has 0 radical (unpaired) electrons. The monoisotopic (exact) mass is 337 g/mol. The standard InChI is InChI=1S/C16H20ClN3O3/c1-11(2)23-7-3-6-18-15(21)9-20-10-19-14-8-12(17)4-5-13(14)16(20)22/h4-5,8,10-11H,3,6-7,9H2,1-2H3,(H,18,21). The highest BCUT2D eigenvalue weighted by Crippen LogP contribution is 2.13. The highest BCUT2D eigenvalue weighted by Gasteiger charge is 2.08. The first-order chi connectivity index (χ1) is 11.0. The lowest BCUT2D eigenvalue weighted by atomic mass is 10.2. The van der Waals surface area contributed by atoms with E-state index in [1.54, 1.807) is 18.2 Å². The minimum Gasteiger partial charge on any atom is -0.379 e. The average Bonchev–Trinajstić information content (AvgIpc) is 2.49.